The van der Waals surface area contributed by atoms with Gasteiger partial charge in [0.1, 0.15) is 0 Å². The fraction of sp³-hybridized carbons (Fsp3) is 1.00. The smallest absolute Gasteiger partial charge is 0.0897 e. The molecule has 18 heavy (non-hydrogen) atoms. The first-order valence-corrected chi connectivity index (χ1v) is 7.08. The molecule has 4 heteroatoms. The fourth-order valence-electron chi connectivity index (χ4n) is 1.50. The van der Waals surface area contributed by atoms with E-state index in [-0.39, 0.29) is 6.10 Å². The Bertz CT molecular complexity index is 188. The topological polar surface area (TPSA) is 50.7 Å². The van der Waals surface area contributed by atoms with Crippen LogP contribution in [0.5, 0.6) is 0 Å². The average molecular weight is 261 g/mol. The predicted molar refractivity (Wildman–Crippen MR) is 74.8 cm³/mol. The van der Waals surface area contributed by atoms with Crippen LogP contribution in [0, 0.1) is 5.92 Å². The Balaban J connectivity index is 3.45. The van der Waals surface area contributed by atoms with Crippen LogP contribution in [0.25, 0.3) is 0 Å². The van der Waals surface area contributed by atoms with E-state index in [0.717, 1.165) is 6.42 Å². The minimum Gasteiger partial charge on any atom is -0.389 e. The molecule has 3 unspecified atom stereocenters. The molecular formula is C14H31NO3. The Hall–Kier alpha value is -0.160. The summed E-state index contributed by atoms with van der Waals surface area (Å²) in [6.45, 7) is 12.6. The number of ether oxygens (including phenoxy) is 2. The van der Waals surface area contributed by atoms with Crippen molar-refractivity contribution in [1.82, 2.24) is 5.32 Å². The molecule has 110 valence electrons. The molecule has 4 nitrogen and oxygen atoms in total. The largest absolute Gasteiger partial charge is 0.389 e. The van der Waals surface area contributed by atoms with Crippen LogP contribution in [0.1, 0.15) is 41.0 Å². The summed E-state index contributed by atoms with van der Waals surface area (Å²) in [4.78, 5) is 0. The van der Waals surface area contributed by atoms with Crippen LogP contribution in [0.15, 0.2) is 0 Å². The van der Waals surface area contributed by atoms with Crippen molar-refractivity contribution < 1.29 is 14.6 Å². The van der Waals surface area contributed by atoms with E-state index in [2.05, 4.69) is 26.1 Å². The second-order valence-electron chi connectivity index (χ2n) is 5.23. The predicted octanol–water partition coefficient (Wildman–Crippen LogP) is 1.81. The Morgan fingerprint density at radius 1 is 1.11 bits per heavy atom. The number of hydrogen-bond donors (Lipinski definition) is 2. The molecule has 0 heterocycles. The molecule has 0 bridgehead atoms. The zero-order valence-corrected chi connectivity index (χ0v) is 12.6. The standard InChI is InChI=1S/C14H31NO3/c1-6-12(4)13(5)15-9-14(16)10-17-7-8-18-11(2)3/h11-16H,6-10H2,1-5H3. The van der Waals surface area contributed by atoms with Gasteiger partial charge >= 0.3 is 0 Å². The summed E-state index contributed by atoms with van der Waals surface area (Å²) in [5.41, 5.74) is 0. The maximum atomic E-state index is 9.73. The van der Waals surface area contributed by atoms with Crippen LogP contribution in [0.2, 0.25) is 0 Å². The van der Waals surface area contributed by atoms with Gasteiger partial charge in [0.15, 0.2) is 0 Å². The van der Waals surface area contributed by atoms with Crippen molar-refractivity contribution in [3.8, 4) is 0 Å². The first kappa shape index (κ1) is 17.8. The lowest BCUT2D eigenvalue weighted by molar-refractivity contribution is -0.0107. The molecule has 0 aromatic rings. The molecule has 0 spiro atoms. The van der Waals surface area contributed by atoms with Crippen molar-refractivity contribution >= 4 is 0 Å². The highest BCUT2D eigenvalue weighted by Crippen LogP contribution is 2.06. The zero-order chi connectivity index (χ0) is 14.0. The lowest BCUT2D eigenvalue weighted by Gasteiger charge is -2.21. The molecule has 0 radical (unpaired) electrons. The van der Waals surface area contributed by atoms with Crippen molar-refractivity contribution in [1.29, 1.82) is 0 Å². The number of aliphatic hydroxyl groups excluding tert-OH is 1. The highest BCUT2D eigenvalue weighted by Gasteiger charge is 2.11. The lowest BCUT2D eigenvalue weighted by atomic mass is 10.0. The second kappa shape index (κ2) is 10.7. The van der Waals surface area contributed by atoms with E-state index in [4.69, 9.17) is 9.47 Å². The molecule has 0 aliphatic heterocycles. The summed E-state index contributed by atoms with van der Waals surface area (Å²) in [7, 11) is 0. The van der Waals surface area contributed by atoms with Gasteiger partial charge in [-0.3, -0.25) is 0 Å². The summed E-state index contributed by atoms with van der Waals surface area (Å²) >= 11 is 0. The molecule has 0 saturated carbocycles. The first-order valence-electron chi connectivity index (χ1n) is 7.08. The molecule has 2 N–H and O–H groups in total. The van der Waals surface area contributed by atoms with Crippen LogP contribution in [-0.2, 0) is 9.47 Å². The SMILES string of the molecule is CCC(C)C(C)NCC(O)COCCOC(C)C. The Morgan fingerprint density at radius 2 is 1.78 bits per heavy atom. The van der Waals surface area contributed by atoms with Gasteiger partial charge in [-0.15, -0.1) is 0 Å². The van der Waals surface area contributed by atoms with Crippen LogP contribution in [-0.4, -0.2) is 49.7 Å². The third-order valence-electron chi connectivity index (χ3n) is 3.16. The van der Waals surface area contributed by atoms with Crippen molar-refractivity contribution in [2.75, 3.05) is 26.4 Å². The van der Waals surface area contributed by atoms with Crippen LogP contribution in [0.4, 0.5) is 0 Å². The lowest BCUT2D eigenvalue weighted by Crippen LogP contribution is -2.39. The van der Waals surface area contributed by atoms with Crippen LogP contribution in [0.3, 0.4) is 0 Å². The molecule has 0 aromatic heterocycles. The number of aliphatic hydroxyl groups is 1. The summed E-state index contributed by atoms with van der Waals surface area (Å²) in [6.07, 6.45) is 0.931. The third kappa shape index (κ3) is 9.83. The summed E-state index contributed by atoms with van der Waals surface area (Å²) in [5, 5.41) is 13.1. The molecule has 0 aliphatic carbocycles. The molecule has 0 amide bonds. The van der Waals surface area contributed by atoms with Gasteiger partial charge in [-0.1, -0.05) is 20.3 Å². The maximum absolute atomic E-state index is 9.73. The highest BCUT2D eigenvalue weighted by molar-refractivity contribution is 4.69. The van der Waals surface area contributed by atoms with Gasteiger partial charge < -0.3 is 19.9 Å². The van der Waals surface area contributed by atoms with Crippen molar-refractivity contribution in [3.63, 3.8) is 0 Å². The second-order valence-corrected chi connectivity index (χ2v) is 5.23. The highest BCUT2D eigenvalue weighted by atomic mass is 16.5. The number of rotatable bonds is 11. The molecule has 0 rings (SSSR count). The molecule has 3 atom stereocenters. The van der Waals surface area contributed by atoms with Gasteiger partial charge in [0, 0.05) is 12.6 Å². The van der Waals surface area contributed by atoms with Crippen molar-refractivity contribution in [2.24, 2.45) is 5.92 Å². The zero-order valence-electron chi connectivity index (χ0n) is 12.6. The normalized spacial score (nSPS) is 16.8. The fourth-order valence-corrected chi connectivity index (χ4v) is 1.50. The minimum atomic E-state index is -0.449. The molecule has 0 aromatic carbocycles. The Kier molecular flexibility index (Phi) is 10.6. The van der Waals surface area contributed by atoms with Gasteiger partial charge in [-0.2, -0.15) is 0 Å². The number of nitrogens with one attached hydrogen (secondary N) is 1. The van der Waals surface area contributed by atoms with Crippen molar-refractivity contribution in [2.45, 2.75) is 59.3 Å². The Morgan fingerprint density at radius 3 is 2.33 bits per heavy atom. The third-order valence-corrected chi connectivity index (χ3v) is 3.16. The van der Waals surface area contributed by atoms with E-state index in [1.807, 2.05) is 13.8 Å². The van der Waals surface area contributed by atoms with E-state index in [1.54, 1.807) is 0 Å². The number of hydrogen-bond acceptors (Lipinski definition) is 4. The maximum Gasteiger partial charge on any atom is 0.0897 e. The van der Waals surface area contributed by atoms with E-state index in [1.165, 1.54) is 0 Å². The van der Waals surface area contributed by atoms with Crippen LogP contribution >= 0.6 is 0 Å². The van der Waals surface area contributed by atoms with Crippen LogP contribution < -0.4 is 5.32 Å². The van der Waals surface area contributed by atoms with Gasteiger partial charge in [-0.05, 0) is 26.7 Å². The quantitative estimate of drug-likeness (QED) is 0.557. The summed E-state index contributed by atoms with van der Waals surface area (Å²) < 4.78 is 10.7. The average Bonchev–Trinajstić information content (AvgIpc) is 2.34. The van der Waals surface area contributed by atoms with Gasteiger partial charge in [0.2, 0.25) is 0 Å². The summed E-state index contributed by atoms with van der Waals surface area (Å²) in [6, 6.07) is 0.425. The van der Waals surface area contributed by atoms with Gasteiger partial charge in [-0.25, -0.2) is 0 Å². The van der Waals surface area contributed by atoms with Crippen molar-refractivity contribution in [3.05, 3.63) is 0 Å². The van der Waals surface area contributed by atoms with E-state index < -0.39 is 6.10 Å². The minimum absolute atomic E-state index is 0.233. The summed E-state index contributed by atoms with van der Waals surface area (Å²) in [5.74, 6) is 0.623. The van der Waals surface area contributed by atoms with Gasteiger partial charge in [0.05, 0.1) is 32.0 Å². The molecule has 0 aliphatic rings. The molecule has 0 saturated heterocycles. The Labute approximate surface area is 112 Å². The monoisotopic (exact) mass is 261 g/mol. The molecule has 0 fully saturated rings. The van der Waals surface area contributed by atoms with E-state index in [9.17, 15) is 5.11 Å². The van der Waals surface area contributed by atoms with Gasteiger partial charge in [0.25, 0.3) is 0 Å². The molecular weight excluding hydrogens is 230 g/mol. The van der Waals surface area contributed by atoms with E-state index in [0.29, 0.717) is 38.3 Å². The first-order chi connectivity index (χ1) is 8.47. The van der Waals surface area contributed by atoms with E-state index >= 15 is 0 Å².